The number of benzene rings is 4. The second-order valence-corrected chi connectivity index (χ2v) is 13.7. The summed E-state index contributed by atoms with van der Waals surface area (Å²) in [6.45, 7) is 3.87. The van der Waals surface area contributed by atoms with Crippen LogP contribution in [0.4, 0.5) is 43.8 Å². The molecule has 0 fully saturated rings. The van der Waals surface area contributed by atoms with E-state index in [0.29, 0.717) is 11.1 Å². The number of aryl methyl sites for hydroxylation is 6. The minimum Gasteiger partial charge on any atom is -0.470 e. The van der Waals surface area contributed by atoms with Crippen molar-refractivity contribution in [1.82, 2.24) is 0 Å². The molecular weight excluding hydrogens is 608 g/mol. The monoisotopic (exact) mass is 630 g/mol. The summed E-state index contributed by atoms with van der Waals surface area (Å²) in [5.41, 5.74) is -1.65. The normalized spacial score (nSPS) is 17.5. The van der Waals surface area contributed by atoms with Crippen molar-refractivity contribution >= 4 is 41.0 Å². The quantitative estimate of drug-likeness (QED) is 0.0821. The van der Waals surface area contributed by atoms with Crippen LogP contribution in [0.25, 0.3) is 0 Å². The molecule has 0 aliphatic carbocycles. The molecule has 0 unspecified atom stereocenters. The lowest BCUT2D eigenvalue weighted by molar-refractivity contribution is 0.380. The van der Waals surface area contributed by atoms with E-state index in [1.807, 2.05) is 0 Å². The van der Waals surface area contributed by atoms with Crippen molar-refractivity contribution in [3.63, 3.8) is 0 Å². The van der Waals surface area contributed by atoms with Crippen molar-refractivity contribution in [2.45, 2.75) is 41.5 Å². The van der Waals surface area contributed by atoms with Crippen LogP contribution >= 0.6 is 7.49 Å². The van der Waals surface area contributed by atoms with E-state index in [0.717, 1.165) is 0 Å². The molecule has 226 valence electrons. The Morgan fingerprint density at radius 3 is 1.12 bits per heavy atom. The topological polar surface area (TPSA) is 9.23 Å². The van der Waals surface area contributed by atoms with Gasteiger partial charge in [0.1, 0.15) is 33.4 Å². The van der Waals surface area contributed by atoms with E-state index in [2.05, 4.69) is 0 Å². The van der Waals surface area contributed by atoms with Gasteiger partial charge in [0.05, 0.1) is 0 Å². The molecule has 4 aromatic carbocycles. The highest BCUT2D eigenvalue weighted by molar-refractivity contribution is 7.94. The molecule has 5 rings (SSSR count). The first-order valence-electron chi connectivity index (χ1n) is 12.9. The van der Waals surface area contributed by atoms with Gasteiger partial charge in [-0.1, -0.05) is 46.3 Å². The predicted molar refractivity (Wildman–Crippen MR) is 147 cm³/mol. The average molecular weight is 630 g/mol. The third kappa shape index (κ3) is 4.09. The third-order valence-corrected chi connectivity index (χ3v) is 12.1. The predicted octanol–water partition coefficient (Wildman–Crippen LogP) is 6.55. The van der Waals surface area contributed by atoms with Crippen LogP contribution < -0.4 is 26.8 Å². The first-order chi connectivity index (χ1) is 19.9. The van der Waals surface area contributed by atoms with Gasteiger partial charge in [-0.15, -0.1) is 0 Å². The molecule has 1 heterocycles. The maximum absolute atomic E-state index is 17.6. The van der Waals surface area contributed by atoms with Gasteiger partial charge in [-0.25, -0.2) is 35.1 Å². The van der Waals surface area contributed by atoms with Gasteiger partial charge in [0.25, 0.3) is 0 Å². The molecule has 0 bridgehead atoms. The second kappa shape index (κ2) is 10.1. The number of hydrogen-bond donors (Lipinski definition) is 0. The minimum absolute atomic E-state index is 0.0241. The Labute approximate surface area is 240 Å². The zero-order valence-corrected chi connectivity index (χ0v) is 24.4. The Bertz CT molecular complexity index is 1760. The van der Waals surface area contributed by atoms with Gasteiger partial charge in [-0.05, 0) is 63.8 Å². The van der Waals surface area contributed by atoms with E-state index >= 15 is 26.3 Å². The minimum atomic E-state index is -5.50. The highest BCUT2D eigenvalue weighted by Crippen LogP contribution is 2.64. The molecule has 0 aromatic heterocycles. The first-order valence-corrected chi connectivity index (χ1v) is 14.6. The summed E-state index contributed by atoms with van der Waals surface area (Å²) in [5.74, 6) is -22.8. The Hall–Kier alpha value is -3.37. The zero-order chi connectivity index (χ0) is 32.1. The van der Waals surface area contributed by atoms with Crippen LogP contribution in [0.5, 0.6) is 0 Å². The van der Waals surface area contributed by atoms with Crippen LogP contribution in [0.2, 0.25) is 0 Å². The molecule has 1 aliphatic heterocycles. The fraction of sp³-hybridized carbons (Fsp3) is 0.200. The second-order valence-electron chi connectivity index (χ2n) is 10.9. The number of rotatable bonds is 3. The highest BCUT2D eigenvalue weighted by atomic mass is 31.2. The highest BCUT2D eigenvalue weighted by Gasteiger charge is 2.67. The van der Waals surface area contributed by atoms with Crippen LogP contribution in [0, 0.1) is 93.9 Å². The van der Waals surface area contributed by atoms with E-state index in [9.17, 15) is 17.6 Å². The molecule has 1 atom stereocenters. The Kier molecular flexibility index (Phi) is 7.29. The third-order valence-electron chi connectivity index (χ3n) is 7.78. The lowest BCUT2D eigenvalue weighted by Gasteiger charge is -2.34. The standard InChI is InChI=1S/C30H22BF10OP/c1-11-7-13(3)28(14(4)8-11)43(29-15(5)9-12(2)10-16(29)6)30-18(21(34)24(37)26(39)27(30)40)31(41,42-43)17-19(32)22(35)25(38)23(36)20(17)33/h7-10H,1-6H3/t31-/m0/s1. The Morgan fingerprint density at radius 2 is 0.744 bits per heavy atom. The van der Waals surface area contributed by atoms with Gasteiger partial charge < -0.3 is 8.76 Å². The number of fused-ring (bicyclic) bond motifs is 1. The zero-order valence-electron chi connectivity index (χ0n) is 23.5. The maximum atomic E-state index is 17.6. The van der Waals surface area contributed by atoms with Crippen LogP contribution in [0.3, 0.4) is 0 Å². The van der Waals surface area contributed by atoms with Crippen LogP contribution in [-0.4, -0.2) is 6.63 Å². The SMILES string of the molecule is Cc1cc(C)c([P+]2(c3c(C)cc(C)cc3C)O[B@@-](F)(c3c(F)c(F)c(F)c(F)c3F)c3c(F)c(F)c(F)c(F)c32)c(C)c1. The largest absolute Gasteiger partial charge is 0.470 e. The van der Waals surface area contributed by atoms with Gasteiger partial charge in [0, 0.05) is 0 Å². The van der Waals surface area contributed by atoms with Gasteiger partial charge in [0.15, 0.2) is 30.8 Å². The molecule has 0 saturated heterocycles. The van der Waals surface area contributed by atoms with Crippen LogP contribution in [-0.2, 0) is 4.44 Å². The average Bonchev–Trinajstić information content (AvgIpc) is 3.16. The van der Waals surface area contributed by atoms with E-state index in [1.165, 1.54) is 27.7 Å². The van der Waals surface area contributed by atoms with Crippen molar-refractivity contribution in [3.05, 3.63) is 110 Å². The maximum Gasteiger partial charge on any atom is 0.381 e. The number of halogens is 10. The molecule has 43 heavy (non-hydrogen) atoms. The summed E-state index contributed by atoms with van der Waals surface area (Å²) >= 11 is 0. The van der Waals surface area contributed by atoms with Crippen molar-refractivity contribution in [2.75, 3.05) is 0 Å². The van der Waals surface area contributed by atoms with E-state index in [4.69, 9.17) is 4.44 Å². The summed E-state index contributed by atoms with van der Waals surface area (Å²) in [4.78, 5) is 0. The molecule has 0 spiro atoms. The van der Waals surface area contributed by atoms with Gasteiger partial charge in [0.2, 0.25) is 11.6 Å². The Balaban J connectivity index is 2.13. The molecule has 0 amide bonds. The van der Waals surface area contributed by atoms with Gasteiger partial charge in [-0.2, -0.15) is 4.39 Å². The van der Waals surface area contributed by atoms with Crippen molar-refractivity contribution in [2.24, 2.45) is 0 Å². The molecule has 1 nitrogen and oxygen atoms in total. The Morgan fingerprint density at radius 1 is 0.442 bits per heavy atom. The summed E-state index contributed by atoms with van der Waals surface area (Å²) in [6.07, 6.45) is 0. The lowest BCUT2D eigenvalue weighted by atomic mass is 9.49. The fourth-order valence-electron chi connectivity index (χ4n) is 6.53. The summed E-state index contributed by atoms with van der Waals surface area (Å²) in [5, 5.41) is -1.27. The molecular formula is C30H22BF10OP. The lowest BCUT2D eigenvalue weighted by Crippen LogP contribution is -2.61. The molecule has 4 aromatic rings. The van der Waals surface area contributed by atoms with E-state index in [1.54, 1.807) is 38.1 Å². The van der Waals surface area contributed by atoms with E-state index in [-0.39, 0.29) is 32.9 Å². The number of hydrogen-bond acceptors (Lipinski definition) is 1. The van der Waals surface area contributed by atoms with Gasteiger partial charge in [-0.3, -0.25) is 0 Å². The summed E-state index contributed by atoms with van der Waals surface area (Å²) in [6, 6.07) is 6.24. The summed E-state index contributed by atoms with van der Waals surface area (Å²) in [7, 11) is -4.65. The fourth-order valence-corrected chi connectivity index (χ4v) is 11.4. The van der Waals surface area contributed by atoms with Crippen molar-refractivity contribution in [1.29, 1.82) is 0 Å². The van der Waals surface area contributed by atoms with Crippen LogP contribution in [0.1, 0.15) is 33.4 Å². The van der Waals surface area contributed by atoms with Crippen LogP contribution in [0.15, 0.2) is 24.3 Å². The molecule has 1 aliphatic rings. The molecule has 13 heteroatoms. The summed E-state index contributed by atoms with van der Waals surface area (Å²) < 4.78 is 159. The van der Waals surface area contributed by atoms with E-state index < -0.39 is 82.7 Å². The molecule has 0 N–H and O–H groups in total. The smallest absolute Gasteiger partial charge is 0.381 e. The van der Waals surface area contributed by atoms with Gasteiger partial charge >= 0.3 is 6.63 Å². The van der Waals surface area contributed by atoms with Crippen molar-refractivity contribution in [3.8, 4) is 0 Å². The first kappa shape index (κ1) is 31.1. The van der Waals surface area contributed by atoms with Crippen molar-refractivity contribution < 1.29 is 48.3 Å². The molecule has 0 radical (unpaired) electrons. The molecule has 0 saturated carbocycles.